The minimum Gasteiger partial charge on any atom is -0.506 e. The number of amides is 1. The lowest BCUT2D eigenvalue weighted by molar-refractivity contribution is -0.119. The highest BCUT2D eigenvalue weighted by Crippen LogP contribution is 2.33. The molecule has 0 aliphatic carbocycles. The van der Waals surface area contributed by atoms with Gasteiger partial charge in [-0.15, -0.1) is 11.3 Å². The molecule has 0 unspecified atom stereocenters. The SMILES string of the molecule is O=C(Nc1ccccc1O)[C@H]1CCCN1S(=O)(=O)c1ccc(Br)s1. The number of nitrogens with zero attached hydrogens (tertiary/aromatic N) is 1. The number of halogens is 1. The normalized spacial score (nSPS) is 18.6. The molecular weight excluding hydrogens is 416 g/mol. The minimum absolute atomic E-state index is 0.0551. The molecule has 2 N–H and O–H groups in total. The zero-order chi connectivity index (χ0) is 17.3. The number of hydrogen-bond acceptors (Lipinski definition) is 5. The molecule has 128 valence electrons. The monoisotopic (exact) mass is 430 g/mol. The Bertz CT molecular complexity index is 866. The van der Waals surface area contributed by atoms with Crippen molar-refractivity contribution in [2.24, 2.45) is 0 Å². The largest absolute Gasteiger partial charge is 0.506 e. The van der Waals surface area contributed by atoms with Crippen LogP contribution in [0.5, 0.6) is 5.75 Å². The number of para-hydroxylation sites is 2. The van der Waals surface area contributed by atoms with Crippen LogP contribution in [0.15, 0.2) is 44.4 Å². The quantitative estimate of drug-likeness (QED) is 0.729. The summed E-state index contributed by atoms with van der Waals surface area (Å²) in [6, 6.07) is 8.77. The van der Waals surface area contributed by atoms with E-state index >= 15 is 0 Å². The number of sulfonamides is 1. The Labute approximate surface area is 152 Å². The maximum Gasteiger partial charge on any atom is 0.253 e. The molecule has 2 heterocycles. The summed E-state index contributed by atoms with van der Waals surface area (Å²) in [5.41, 5.74) is 0.269. The molecule has 1 aliphatic heterocycles. The van der Waals surface area contributed by atoms with Gasteiger partial charge in [-0.3, -0.25) is 4.79 Å². The number of rotatable bonds is 4. The first kappa shape index (κ1) is 17.4. The van der Waals surface area contributed by atoms with Crippen LogP contribution in [0.3, 0.4) is 0 Å². The van der Waals surface area contributed by atoms with Crippen molar-refractivity contribution in [2.45, 2.75) is 23.1 Å². The van der Waals surface area contributed by atoms with Crippen LogP contribution in [0.25, 0.3) is 0 Å². The minimum atomic E-state index is -3.72. The molecule has 0 radical (unpaired) electrons. The predicted octanol–water partition coefficient (Wildman–Crippen LogP) is 3.01. The van der Waals surface area contributed by atoms with E-state index in [2.05, 4.69) is 21.2 Å². The number of anilines is 1. The molecule has 9 heteroatoms. The molecule has 0 spiro atoms. The Kier molecular flexibility index (Phi) is 4.95. The number of aromatic hydroxyl groups is 1. The van der Waals surface area contributed by atoms with E-state index in [-0.39, 0.29) is 15.6 Å². The lowest BCUT2D eigenvalue weighted by Crippen LogP contribution is -2.42. The summed E-state index contributed by atoms with van der Waals surface area (Å²) < 4.78 is 27.7. The van der Waals surface area contributed by atoms with E-state index in [4.69, 9.17) is 0 Å². The molecule has 1 fully saturated rings. The summed E-state index contributed by atoms with van der Waals surface area (Å²) in [6.07, 6.45) is 1.07. The van der Waals surface area contributed by atoms with E-state index in [0.29, 0.717) is 19.4 Å². The third-order valence-corrected chi connectivity index (χ3v) is 7.78. The van der Waals surface area contributed by atoms with Gasteiger partial charge in [0.2, 0.25) is 5.91 Å². The van der Waals surface area contributed by atoms with Gasteiger partial charge in [0, 0.05) is 6.54 Å². The van der Waals surface area contributed by atoms with E-state index in [1.165, 1.54) is 16.4 Å². The highest BCUT2D eigenvalue weighted by molar-refractivity contribution is 9.11. The Balaban J connectivity index is 1.83. The maximum atomic E-state index is 12.8. The smallest absolute Gasteiger partial charge is 0.253 e. The van der Waals surface area contributed by atoms with E-state index in [0.717, 1.165) is 15.1 Å². The first-order chi connectivity index (χ1) is 11.4. The summed E-state index contributed by atoms with van der Waals surface area (Å²) in [7, 11) is -3.72. The number of thiophene rings is 1. The second-order valence-corrected chi connectivity index (χ2v) is 9.92. The molecule has 1 aromatic carbocycles. The van der Waals surface area contributed by atoms with Crippen LogP contribution >= 0.6 is 27.3 Å². The molecule has 1 saturated heterocycles. The predicted molar refractivity (Wildman–Crippen MR) is 95.7 cm³/mol. The molecule has 24 heavy (non-hydrogen) atoms. The van der Waals surface area contributed by atoms with Crippen LogP contribution in [-0.2, 0) is 14.8 Å². The number of phenolic OH excluding ortho intramolecular Hbond substituents is 1. The average Bonchev–Trinajstić information content (AvgIpc) is 3.18. The second kappa shape index (κ2) is 6.83. The summed E-state index contributed by atoms with van der Waals surface area (Å²) in [4.78, 5) is 12.5. The standard InChI is InChI=1S/C15H15BrN2O4S2/c16-13-7-8-14(23-13)24(21,22)18-9-3-5-11(18)15(20)17-10-4-1-2-6-12(10)19/h1-2,4,6-8,11,19H,3,5,9H2,(H,17,20)/t11-/m1/s1. The maximum absolute atomic E-state index is 12.8. The van der Waals surface area contributed by atoms with Crippen molar-refractivity contribution in [3.8, 4) is 5.75 Å². The number of nitrogens with one attached hydrogen (secondary N) is 1. The molecule has 0 bridgehead atoms. The lowest BCUT2D eigenvalue weighted by atomic mass is 10.2. The molecule has 2 aromatic rings. The molecule has 1 atom stereocenters. The topological polar surface area (TPSA) is 86.7 Å². The van der Waals surface area contributed by atoms with E-state index in [1.807, 2.05) is 0 Å². The van der Waals surface area contributed by atoms with Crippen molar-refractivity contribution in [1.82, 2.24) is 4.31 Å². The highest BCUT2D eigenvalue weighted by atomic mass is 79.9. The molecule has 3 rings (SSSR count). The first-order valence-electron chi connectivity index (χ1n) is 7.25. The molecule has 1 aliphatic rings. The molecule has 0 saturated carbocycles. The molecule has 1 aromatic heterocycles. The van der Waals surface area contributed by atoms with Gasteiger partial charge in [-0.05, 0) is 53.0 Å². The Morgan fingerprint density at radius 2 is 2.04 bits per heavy atom. The highest BCUT2D eigenvalue weighted by Gasteiger charge is 2.40. The zero-order valence-corrected chi connectivity index (χ0v) is 15.7. The van der Waals surface area contributed by atoms with Gasteiger partial charge in [-0.25, -0.2) is 8.42 Å². The summed E-state index contributed by atoms with van der Waals surface area (Å²) in [5.74, 6) is -0.492. The van der Waals surface area contributed by atoms with Crippen LogP contribution in [0.1, 0.15) is 12.8 Å². The zero-order valence-electron chi connectivity index (χ0n) is 12.5. The van der Waals surface area contributed by atoms with Gasteiger partial charge in [0.05, 0.1) is 9.47 Å². The summed E-state index contributed by atoms with van der Waals surface area (Å²) >= 11 is 4.37. The van der Waals surface area contributed by atoms with Gasteiger partial charge in [-0.1, -0.05) is 12.1 Å². The van der Waals surface area contributed by atoms with E-state index in [1.54, 1.807) is 24.3 Å². The number of hydrogen-bond donors (Lipinski definition) is 2. The number of carbonyl (C=O) groups is 1. The number of benzene rings is 1. The fourth-order valence-corrected chi connectivity index (χ4v) is 6.43. The Hall–Kier alpha value is -1.42. The van der Waals surface area contributed by atoms with Crippen LogP contribution in [0.4, 0.5) is 5.69 Å². The van der Waals surface area contributed by atoms with Crippen LogP contribution in [0, 0.1) is 0 Å². The fraction of sp³-hybridized carbons (Fsp3) is 0.267. The Morgan fingerprint density at radius 3 is 2.71 bits per heavy atom. The number of carbonyl (C=O) groups excluding carboxylic acids is 1. The van der Waals surface area contributed by atoms with Gasteiger partial charge in [0.15, 0.2) is 0 Å². The Morgan fingerprint density at radius 1 is 1.29 bits per heavy atom. The third kappa shape index (κ3) is 3.34. The van der Waals surface area contributed by atoms with Crippen LogP contribution in [0.2, 0.25) is 0 Å². The van der Waals surface area contributed by atoms with Crippen molar-refractivity contribution in [2.75, 3.05) is 11.9 Å². The van der Waals surface area contributed by atoms with Gasteiger partial charge < -0.3 is 10.4 Å². The van der Waals surface area contributed by atoms with Crippen molar-refractivity contribution < 1.29 is 18.3 Å². The second-order valence-electron chi connectivity index (χ2n) is 5.34. The molecular formula is C15H15BrN2O4S2. The summed E-state index contributed by atoms with van der Waals surface area (Å²) in [6.45, 7) is 0.302. The molecule has 6 nitrogen and oxygen atoms in total. The van der Waals surface area contributed by atoms with Gasteiger partial charge in [-0.2, -0.15) is 4.31 Å². The van der Waals surface area contributed by atoms with Crippen molar-refractivity contribution in [3.63, 3.8) is 0 Å². The van der Waals surface area contributed by atoms with Gasteiger partial charge >= 0.3 is 0 Å². The van der Waals surface area contributed by atoms with Crippen LogP contribution < -0.4 is 5.32 Å². The number of phenols is 1. The lowest BCUT2D eigenvalue weighted by Gasteiger charge is -2.22. The van der Waals surface area contributed by atoms with Gasteiger partial charge in [0.25, 0.3) is 10.0 Å². The first-order valence-corrected chi connectivity index (χ1v) is 10.3. The van der Waals surface area contributed by atoms with Crippen molar-refractivity contribution in [3.05, 3.63) is 40.2 Å². The van der Waals surface area contributed by atoms with Gasteiger partial charge in [0.1, 0.15) is 16.0 Å². The fourth-order valence-electron chi connectivity index (χ4n) is 2.64. The van der Waals surface area contributed by atoms with Crippen molar-refractivity contribution >= 4 is 48.9 Å². The van der Waals surface area contributed by atoms with Crippen molar-refractivity contribution in [1.29, 1.82) is 0 Å². The average molecular weight is 431 g/mol. The van der Waals surface area contributed by atoms with E-state index in [9.17, 15) is 18.3 Å². The molecule has 1 amide bonds. The third-order valence-electron chi connectivity index (χ3n) is 3.78. The van der Waals surface area contributed by atoms with E-state index < -0.39 is 22.0 Å². The summed E-state index contributed by atoms with van der Waals surface area (Å²) in [5, 5.41) is 12.4. The van der Waals surface area contributed by atoms with Crippen LogP contribution in [-0.4, -0.2) is 36.3 Å².